The molecule has 0 aromatic heterocycles. The molecule has 7 nitrogen and oxygen atoms in total. The Morgan fingerprint density at radius 2 is 1.59 bits per heavy atom. The van der Waals surface area contributed by atoms with E-state index in [2.05, 4.69) is 110 Å². The van der Waals surface area contributed by atoms with Crippen LogP contribution in [0.25, 0.3) is 33.4 Å². The molecule has 9 heteroatoms. The Morgan fingerprint density at radius 3 is 2.15 bits per heavy atom. The van der Waals surface area contributed by atoms with Crippen LogP contribution in [0.15, 0.2) is 71.1 Å². The number of nitrogens with two attached hydrogens (primary N) is 1. The molecule has 4 N–H and O–H groups in total. The van der Waals surface area contributed by atoms with Crippen molar-refractivity contribution in [2.24, 2.45) is 5.73 Å². The second-order valence-electron chi connectivity index (χ2n) is 9.28. The van der Waals surface area contributed by atoms with Gasteiger partial charge in [0.2, 0.25) is 5.36 Å². The molecule has 41 heavy (non-hydrogen) atoms. The van der Waals surface area contributed by atoms with Gasteiger partial charge in [-0.05, 0) is 76.9 Å². The molecular weight excluding hydrogens is 553 g/mol. The molecule has 1 aliphatic carbocycles. The predicted octanol–water partition coefficient (Wildman–Crippen LogP) is 6.35. The molecule has 0 radical (unpaired) electrons. The predicted molar refractivity (Wildman–Crippen MR) is 178 cm³/mol. The zero-order chi connectivity index (χ0) is 30.4. The summed E-state index contributed by atoms with van der Waals surface area (Å²) < 4.78 is 19.1. The molecule has 0 amide bonds. The van der Waals surface area contributed by atoms with Gasteiger partial charge in [-0.25, -0.2) is 4.58 Å². The molecule has 0 spiro atoms. The summed E-state index contributed by atoms with van der Waals surface area (Å²) in [5, 5.41) is 2.36. The molecule has 0 bridgehead atoms. The molecule has 2 aromatic rings. The van der Waals surface area contributed by atoms with Gasteiger partial charge in [-0.3, -0.25) is 4.57 Å². The highest BCUT2D eigenvalue weighted by atomic mass is 32.2. The lowest BCUT2D eigenvalue weighted by Crippen LogP contribution is -2.29. The van der Waals surface area contributed by atoms with E-state index in [0.29, 0.717) is 6.42 Å². The first kappa shape index (κ1) is 34.6. The largest absolute Gasteiger partial charge is 0.456 e. The van der Waals surface area contributed by atoms with Crippen LogP contribution in [-0.2, 0) is 4.57 Å². The molecule has 0 saturated heterocycles. The van der Waals surface area contributed by atoms with E-state index in [4.69, 9.17) is 14.2 Å². The number of fused-ring (bicyclic) bond motifs is 2. The van der Waals surface area contributed by atoms with Gasteiger partial charge < -0.3 is 24.8 Å². The van der Waals surface area contributed by atoms with Gasteiger partial charge >= 0.3 is 7.60 Å². The summed E-state index contributed by atoms with van der Waals surface area (Å²) in [7, 11) is -2.21. The summed E-state index contributed by atoms with van der Waals surface area (Å²) in [6, 6.07) is 23.9. The van der Waals surface area contributed by atoms with Gasteiger partial charge in [-0.1, -0.05) is 30.3 Å². The monoisotopic (exact) mass is 600 g/mol. The number of thioether (sulfide) groups is 1. The van der Waals surface area contributed by atoms with Crippen molar-refractivity contribution in [2.45, 2.75) is 34.1 Å². The first-order valence-electron chi connectivity index (χ1n) is 14.3. The van der Waals surface area contributed by atoms with Crippen molar-refractivity contribution < 1.29 is 18.8 Å². The molecule has 224 valence electrons. The third kappa shape index (κ3) is 9.73. The van der Waals surface area contributed by atoms with Gasteiger partial charge in [0.15, 0.2) is 0 Å². The second-order valence-corrected chi connectivity index (χ2v) is 12.0. The van der Waals surface area contributed by atoms with Crippen molar-refractivity contribution in [1.82, 2.24) is 4.58 Å². The van der Waals surface area contributed by atoms with Gasteiger partial charge in [0.25, 0.3) is 0 Å². The second kappa shape index (κ2) is 17.4. The molecule has 1 aliphatic heterocycles. The lowest BCUT2D eigenvalue weighted by molar-refractivity contribution is 0.372. The van der Waals surface area contributed by atoms with E-state index in [1.165, 1.54) is 29.2 Å². The lowest BCUT2D eigenvalue weighted by Gasteiger charge is -2.22. The molecule has 2 aromatic carbocycles. The van der Waals surface area contributed by atoms with Crippen molar-refractivity contribution in [3.8, 4) is 22.5 Å². The summed E-state index contributed by atoms with van der Waals surface area (Å²) in [5.74, 6) is 1.76. The van der Waals surface area contributed by atoms with Crippen LogP contribution in [-0.4, -0.2) is 61.2 Å². The average molecular weight is 601 g/mol. The molecular formula is C32H47N3O4PS+. The highest BCUT2D eigenvalue weighted by Gasteiger charge is 2.19. The smallest absolute Gasteiger partial charge is 0.325 e. The van der Waals surface area contributed by atoms with Crippen LogP contribution in [0.2, 0.25) is 0 Å². The molecule has 2 aliphatic rings. The number of anilines is 1. The topological polar surface area (TPSA) is 103 Å². The number of rotatable bonds is 10. The van der Waals surface area contributed by atoms with Gasteiger partial charge in [-0.15, -0.1) is 0 Å². The van der Waals surface area contributed by atoms with E-state index in [0.717, 1.165) is 54.2 Å². The maximum atomic E-state index is 10.2. The molecule has 4 rings (SSSR count). The van der Waals surface area contributed by atoms with Crippen molar-refractivity contribution in [3.63, 3.8) is 0 Å². The molecule has 0 atom stereocenters. The van der Waals surface area contributed by atoms with E-state index in [1.807, 2.05) is 6.26 Å². The van der Waals surface area contributed by atoms with Crippen molar-refractivity contribution in [2.75, 3.05) is 56.3 Å². The summed E-state index contributed by atoms with van der Waals surface area (Å²) in [6.45, 7) is 12.7. The fourth-order valence-electron chi connectivity index (χ4n) is 4.77. The van der Waals surface area contributed by atoms with Crippen molar-refractivity contribution in [1.29, 1.82) is 0 Å². The number of benzene rings is 3. The van der Waals surface area contributed by atoms with E-state index >= 15 is 0 Å². The highest BCUT2D eigenvalue weighted by Crippen LogP contribution is 2.40. The standard InChI is InChI=1S/C27H31N2O.C4H11O3PS.CH5N/c1-5-28(6-2)21-14-16-23-25(18-21)30-26-19-22(29(7-3)8-4)15-17-24(26)27(23)20-12-10-9-11-13-20;1-9-4-2-3-8(5,6)7;1-2/h9-19H,5-8H2,1-4H3;2-4H2,1H3,(H2,5,6,7);2H2,1H3/q+1;;. The zero-order valence-corrected chi connectivity index (χ0v) is 27.0. The minimum absolute atomic E-state index is 0.0217. The van der Waals surface area contributed by atoms with Gasteiger partial charge in [-0.2, -0.15) is 11.8 Å². The first-order chi connectivity index (χ1) is 19.8. The van der Waals surface area contributed by atoms with Gasteiger partial charge in [0, 0.05) is 47.4 Å². The maximum absolute atomic E-state index is 10.2. The minimum atomic E-state index is -3.71. The Balaban J connectivity index is 0.000000459. The van der Waals surface area contributed by atoms with Crippen molar-refractivity contribution in [3.05, 3.63) is 72.1 Å². The van der Waals surface area contributed by atoms with Crippen LogP contribution in [0.5, 0.6) is 0 Å². The number of hydrogen-bond donors (Lipinski definition) is 3. The Kier molecular flexibility index (Phi) is 14.7. The van der Waals surface area contributed by atoms with E-state index < -0.39 is 7.60 Å². The van der Waals surface area contributed by atoms with Crippen molar-refractivity contribution >= 4 is 36.0 Å². The number of hydrogen-bond acceptors (Lipinski definition) is 5. The summed E-state index contributed by atoms with van der Waals surface area (Å²) in [6.07, 6.45) is 2.54. The Bertz CT molecular complexity index is 1430. The summed E-state index contributed by atoms with van der Waals surface area (Å²) >= 11 is 1.60. The summed E-state index contributed by atoms with van der Waals surface area (Å²) in [4.78, 5) is 19.0. The Labute approximate surface area is 249 Å². The van der Waals surface area contributed by atoms with Crippen LogP contribution >= 0.6 is 19.4 Å². The van der Waals surface area contributed by atoms with Crippen LogP contribution in [0, 0.1) is 0 Å². The quantitative estimate of drug-likeness (QED) is 0.0843. The van der Waals surface area contributed by atoms with E-state index in [9.17, 15) is 4.57 Å². The third-order valence-electron chi connectivity index (χ3n) is 6.81. The zero-order valence-electron chi connectivity index (χ0n) is 25.3. The lowest BCUT2D eigenvalue weighted by atomic mass is 9.93. The molecule has 0 unspecified atom stereocenters. The molecule has 0 saturated carbocycles. The van der Waals surface area contributed by atoms with Crippen LogP contribution in [0.1, 0.15) is 34.1 Å². The fraction of sp³-hybridized carbons (Fsp3) is 0.406. The Morgan fingerprint density at radius 1 is 0.927 bits per heavy atom. The molecule has 1 heterocycles. The number of nitrogens with zero attached hydrogens (tertiary/aromatic N) is 2. The third-order valence-corrected chi connectivity index (χ3v) is 8.40. The highest BCUT2D eigenvalue weighted by molar-refractivity contribution is 7.98. The average Bonchev–Trinajstić information content (AvgIpc) is 2.98. The fourth-order valence-corrected chi connectivity index (χ4v) is 5.99. The van der Waals surface area contributed by atoms with Gasteiger partial charge in [0.1, 0.15) is 24.4 Å². The maximum Gasteiger partial charge on any atom is 0.325 e. The van der Waals surface area contributed by atoms with E-state index in [-0.39, 0.29) is 6.16 Å². The normalized spacial score (nSPS) is 11.0. The molecule has 0 fully saturated rings. The SMILES string of the molecule is CCN(CC)c1ccc2c(-c3ccccc3)c3ccc(=[N+](CC)CC)cc-3oc2c1.CN.CSCCCP(=O)(O)O. The van der Waals surface area contributed by atoms with Gasteiger partial charge in [0.05, 0.1) is 12.2 Å². The first-order valence-corrected chi connectivity index (χ1v) is 17.5. The van der Waals surface area contributed by atoms with Crippen LogP contribution < -0.4 is 20.6 Å². The van der Waals surface area contributed by atoms with E-state index in [1.54, 1.807) is 11.8 Å². The summed E-state index contributed by atoms with van der Waals surface area (Å²) in [5.41, 5.74) is 10.2. The minimum Gasteiger partial charge on any atom is -0.456 e. The van der Waals surface area contributed by atoms with Crippen LogP contribution in [0.4, 0.5) is 5.69 Å². The van der Waals surface area contributed by atoms with Crippen LogP contribution in [0.3, 0.4) is 0 Å². The Hall–Kier alpha value is -2.61.